The first-order chi connectivity index (χ1) is 11.0. The van der Waals surface area contributed by atoms with Crippen molar-refractivity contribution in [3.8, 4) is 0 Å². The second kappa shape index (κ2) is 6.32. The molecule has 1 aromatic carbocycles. The van der Waals surface area contributed by atoms with Crippen LogP contribution in [-0.4, -0.2) is 22.4 Å². The number of fused-ring (bicyclic) bond motifs is 1. The topological polar surface area (TPSA) is 48.3 Å². The van der Waals surface area contributed by atoms with E-state index >= 15 is 0 Å². The number of ketones is 1. The third-order valence-corrected chi connectivity index (χ3v) is 4.46. The highest BCUT2D eigenvalue weighted by atomic mass is 79.9. The number of rotatable bonds is 4. The van der Waals surface area contributed by atoms with Crippen LogP contribution in [0.3, 0.4) is 0 Å². The molecule has 1 aromatic heterocycles. The normalized spacial score (nSPS) is 16.4. The lowest BCUT2D eigenvalue weighted by Crippen LogP contribution is -2.18. The number of carbonyl (C=O) groups excluding carboxylic acids is 2. The van der Waals surface area contributed by atoms with Crippen molar-refractivity contribution in [2.24, 2.45) is 0 Å². The molecule has 5 heteroatoms. The van der Waals surface area contributed by atoms with Crippen molar-refractivity contribution >= 4 is 27.7 Å². The predicted octanol–water partition coefficient (Wildman–Crippen LogP) is 3.92. The Bertz CT molecular complexity index is 763. The molecule has 0 N–H and O–H groups in total. The Labute approximate surface area is 143 Å². The molecule has 23 heavy (non-hydrogen) atoms. The van der Waals surface area contributed by atoms with Crippen LogP contribution in [0.15, 0.2) is 40.9 Å². The van der Waals surface area contributed by atoms with Crippen molar-refractivity contribution in [2.75, 3.05) is 0 Å². The molecule has 3 rings (SSSR count). The largest absolute Gasteiger partial charge is 0.462 e. The van der Waals surface area contributed by atoms with Gasteiger partial charge in [-0.25, -0.2) is 0 Å². The third-order valence-electron chi connectivity index (χ3n) is 3.97. The highest BCUT2D eigenvalue weighted by Crippen LogP contribution is 2.32. The molecule has 1 aliphatic rings. The molecular formula is C18H18BrNO3. The minimum absolute atomic E-state index is 0.0320. The summed E-state index contributed by atoms with van der Waals surface area (Å²) in [7, 11) is 0. The van der Waals surface area contributed by atoms with Crippen molar-refractivity contribution < 1.29 is 14.3 Å². The van der Waals surface area contributed by atoms with E-state index in [4.69, 9.17) is 4.74 Å². The summed E-state index contributed by atoms with van der Waals surface area (Å²) in [6.07, 6.45) is 0.551. The first kappa shape index (κ1) is 16.0. The zero-order valence-electron chi connectivity index (χ0n) is 13.1. The quantitative estimate of drug-likeness (QED) is 0.600. The van der Waals surface area contributed by atoms with Gasteiger partial charge < -0.3 is 9.30 Å². The molecule has 1 unspecified atom stereocenters. The standard InChI is InChI=1S/C18H18BrNO3/c1-11(2)23-18(22)14-8-9-20-15(14)6-7-16(20)17(21)12-4-3-5-13(19)10-12/h3-7,10-11,14H,8-9H2,1-2H3. The van der Waals surface area contributed by atoms with Crippen LogP contribution >= 0.6 is 15.9 Å². The van der Waals surface area contributed by atoms with E-state index in [1.165, 1.54) is 0 Å². The zero-order chi connectivity index (χ0) is 16.6. The maximum Gasteiger partial charge on any atom is 0.315 e. The summed E-state index contributed by atoms with van der Waals surface area (Å²) in [5.74, 6) is -0.518. The average molecular weight is 376 g/mol. The molecule has 0 spiro atoms. The van der Waals surface area contributed by atoms with Crippen LogP contribution in [0.2, 0.25) is 0 Å². The highest BCUT2D eigenvalue weighted by Gasteiger charge is 2.33. The maximum atomic E-state index is 12.7. The van der Waals surface area contributed by atoms with Gasteiger partial charge in [-0.05, 0) is 44.5 Å². The van der Waals surface area contributed by atoms with E-state index in [1.807, 2.05) is 42.7 Å². The SMILES string of the molecule is CC(C)OC(=O)C1CCn2c(C(=O)c3cccc(Br)c3)ccc21. The van der Waals surface area contributed by atoms with Crippen LogP contribution < -0.4 is 0 Å². The molecule has 0 radical (unpaired) electrons. The highest BCUT2D eigenvalue weighted by molar-refractivity contribution is 9.10. The van der Waals surface area contributed by atoms with E-state index in [9.17, 15) is 9.59 Å². The predicted molar refractivity (Wildman–Crippen MR) is 90.6 cm³/mol. The number of carbonyl (C=O) groups is 2. The fourth-order valence-corrected chi connectivity index (χ4v) is 3.37. The average Bonchev–Trinajstić information content (AvgIpc) is 3.06. The van der Waals surface area contributed by atoms with E-state index in [0.29, 0.717) is 24.2 Å². The second-order valence-electron chi connectivity index (χ2n) is 5.96. The molecule has 4 nitrogen and oxygen atoms in total. The Morgan fingerprint density at radius 2 is 2.04 bits per heavy atom. The summed E-state index contributed by atoms with van der Waals surface area (Å²) < 4.78 is 8.13. The number of halogens is 1. The van der Waals surface area contributed by atoms with E-state index in [-0.39, 0.29) is 23.8 Å². The number of hydrogen-bond donors (Lipinski definition) is 0. The van der Waals surface area contributed by atoms with E-state index < -0.39 is 0 Å². The van der Waals surface area contributed by atoms with Gasteiger partial charge in [0.25, 0.3) is 0 Å². The summed E-state index contributed by atoms with van der Waals surface area (Å²) in [5.41, 5.74) is 2.13. The lowest BCUT2D eigenvalue weighted by molar-refractivity contribution is -0.149. The molecule has 2 heterocycles. The molecule has 0 saturated carbocycles. The van der Waals surface area contributed by atoms with Crippen LogP contribution in [-0.2, 0) is 16.1 Å². The first-order valence-electron chi connectivity index (χ1n) is 7.67. The maximum absolute atomic E-state index is 12.7. The molecule has 0 amide bonds. The van der Waals surface area contributed by atoms with Crippen LogP contribution in [0, 0.1) is 0 Å². The van der Waals surface area contributed by atoms with Gasteiger partial charge in [-0.3, -0.25) is 9.59 Å². The molecule has 0 saturated heterocycles. The van der Waals surface area contributed by atoms with Gasteiger partial charge in [-0.15, -0.1) is 0 Å². The first-order valence-corrected chi connectivity index (χ1v) is 8.47. The van der Waals surface area contributed by atoms with Gasteiger partial charge in [0, 0.05) is 22.3 Å². The summed E-state index contributed by atoms with van der Waals surface area (Å²) in [6, 6.07) is 11.0. The van der Waals surface area contributed by atoms with Crippen molar-refractivity contribution in [2.45, 2.75) is 38.8 Å². The Hall–Kier alpha value is -1.88. The molecule has 0 aliphatic carbocycles. The van der Waals surface area contributed by atoms with E-state index in [1.54, 1.807) is 12.1 Å². The Morgan fingerprint density at radius 3 is 2.74 bits per heavy atom. The van der Waals surface area contributed by atoms with Crippen molar-refractivity contribution in [1.29, 1.82) is 0 Å². The molecule has 120 valence electrons. The number of hydrogen-bond acceptors (Lipinski definition) is 3. The van der Waals surface area contributed by atoms with Gasteiger partial charge in [-0.1, -0.05) is 28.1 Å². The molecular weight excluding hydrogens is 358 g/mol. The van der Waals surface area contributed by atoms with Gasteiger partial charge in [0.15, 0.2) is 0 Å². The van der Waals surface area contributed by atoms with Crippen molar-refractivity contribution in [1.82, 2.24) is 4.57 Å². The van der Waals surface area contributed by atoms with Gasteiger partial charge in [0.05, 0.1) is 17.7 Å². The molecule has 1 atom stereocenters. The van der Waals surface area contributed by atoms with Crippen LogP contribution in [0.25, 0.3) is 0 Å². The Balaban J connectivity index is 1.88. The summed E-state index contributed by atoms with van der Waals surface area (Å²) in [4.78, 5) is 24.9. The van der Waals surface area contributed by atoms with Crippen molar-refractivity contribution in [3.05, 3.63) is 57.8 Å². The third kappa shape index (κ3) is 3.11. The summed E-state index contributed by atoms with van der Waals surface area (Å²) in [5, 5.41) is 0. The molecule has 2 aromatic rings. The lowest BCUT2D eigenvalue weighted by atomic mass is 10.1. The van der Waals surface area contributed by atoms with Crippen molar-refractivity contribution in [3.63, 3.8) is 0 Å². The summed E-state index contributed by atoms with van der Waals surface area (Å²) in [6.45, 7) is 4.34. The number of benzene rings is 1. The molecule has 0 bridgehead atoms. The van der Waals surface area contributed by atoms with Gasteiger partial charge in [0.1, 0.15) is 0 Å². The molecule has 0 fully saturated rings. The summed E-state index contributed by atoms with van der Waals surface area (Å²) >= 11 is 3.39. The van der Waals surface area contributed by atoms with E-state index in [0.717, 1.165) is 10.2 Å². The number of esters is 1. The zero-order valence-corrected chi connectivity index (χ0v) is 14.7. The monoisotopic (exact) mass is 375 g/mol. The van der Waals surface area contributed by atoms with Crippen LogP contribution in [0.4, 0.5) is 0 Å². The van der Waals surface area contributed by atoms with Gasteiger partial charge >= 0.3 is 5.97 Å². The minimum Gasteiger partial charge on any atom is -0.462 e. The van der Waals surface area contributed by atoms with Crippen LogP contribution in [0.5, 0.6) is 0 Å². The van der Waals surface area contributed by atoms with Gasteiger partial charge in [-0.2, -0.15) is 0 Å². The van der Waals surface area contributed by atoms with Gasteiger partial charge in [0.2, 0.25) is 5.78 Å². The fraction of sp³-hybridized carbons (Fsp3) is 0.333. The van der Waals surface area contributed by atoms with Crippen LogP contribution in [0.1, 0.15) is 47.9 Å². The van der Waals surface area contributed by atoms with E-state index in [2.05, 4.69) is 15.9 Å². The second-order valence-corrected chi connectivity index (χ2v) is 6.88. The smallest absolute Gasteiger partial charge is 0.315 e. The number of ether oxygens (including phenoxy) is 1. The number of aromatic nitrogens is 1. The minimum atomic E-state index is -0.276. The number of nitrogens with zero attached hydrogens (tertiary/aromatic N) is 1. The fourth-order valence-electron chi connectivity index (χ4n) is 2.97. The lowest BCUT2D eigenvalue weighted by Gasteiger charge is -2.12. The Kier molecular flexibility index (Phi) is 4.39. The Morgan fingerprint density at radius 1 is 1.26 bits per heavy atom. The molecule has 1 aliphatic heterocycles.